The lowest BCUT2D eigenvalue weighted by Gasteiger charge is -2.42. The van der Waals surface area contributed by atoms with E-state index >= 15 is 0 Å². The molecule has 8 nitrogen and oxygen atoms in total. The van der Waals surface area contributed by atoms with E-state index < -0.39 is 11.9 Å². The van der Waals surface area contributed by atoms with Gasteiger partial charge in [-0.25, -0.2) is 19.9 Å². The average molecular weight is 483 g/mol. The highest BCUT2D eigenvalue weighted by Crippen LogP contribution is 2.33. The summed E-state index contributed by atoms with van der Waals surface area (Å²) < 4.78 is 41.0. The summed E-state index contributed by atoms with van der Waals surface area (Å²) in [6.45, 7) is 5.82. The molecule has 0 radical (unpaired) electrons. The summed E-state index contributed by atoms with van der Waals surface area (Å²) in [5.41, 5.74) is 0.999. The molecule has 0 saturated carbocycles. The van der Waals surface area contributed by atoms with Crippen LogP contribution in [0.3, 0.4) is 0 Å². The first-order valence-corrected chi connectivity index (χ1v) is 11.8. The van der Waals surface area contributed by atoms with Gasteiger partial charge >= 0.3 is 6.18 Å². The Hall–Kier alpha value is -3.34. The van der Waals surface area contributed by atoms with Gasteiger partial charge in [0.15, 0.2) is 17.2 Å². The van der Waals surface area contributed by atoms with E-state index in [-0.39, 0.29) is 0 Å². The first-order valence-electron chi connectivity index (χ1n) is 11.8. The summed E-state index contributed by atoms with van der Waals surface area (Å²) >= 11 is 0. The molecule has 3 aliphatic rings. The number of likely N-dealkylation sites (tertiary alicyclic amines) is 1. The minimum Gasteiger partial charge on any atom is -0.356 e. The minimum atomic E-state index is -4.55. The van der Waals surface area contributed by atoms with Gasteiger partial charge in [0.25, 0.3) is 0 Å². The second-order valence-electron chi connectivity index (χ2n) is 9.44. The van der Waals surface area contributed by atoms with Gasteiger partial charge in [-0.2, -0.15) is 13.2 Å². The molecule has 2 unspecified atom stereocenters. The molecule has 3 aromatic rings. The molecule has 3 aromatic heterocycles. The van der Waals surface area contributed by atoms with Crippen LogP contribution in [0.4, 0.5) is 19.0 Å². The third-order valence-corrected chi connectivity index (χ3v) is 7.03. The summed E-state index contributed by atoms with van der Waals surface area (Å²) in [7, 11) is 0. The van der Waals surface area contributed by atoms with Crippen LogP contribution in [-0.2, 0) is 6.18 Å². The number of rotatable bonds is 5. The van der Waals surface area contributed by atoms with Crippen LogP contribution in [0.2, 0.25) is 0 Å². The Labute approximate surface area is 200 Å². The zero-order chi connectivity index (χ0) is 24.0. The van der Waals surface area contributed by atoms with E-state index in [4.69, 9.17) is 4.98 Å². The molecule has 0 bridgehead atoms. The maximum atomic E-state index is 13.2. The molecule has 2 fully saturated rings. The van der Waals surface area contributed by atoms with Crippen molar-refractivity contribution in [1.29, 1.82) is 0 Å². The smallest absolute Gasteiger partial charge is 0.356 e. The van der Waals surface area contributed by atoms with E-state index in [2.05, 4.69) is 35.8 Å². The Bertz CT molecular complexity index is 1290. The Morgan fingerprint density at radius 1 is 1.06 bits per heavy atom. The van der Waals surface area contributed by atoms with E-state index in [1.54, 1.807) is 6.20 Å². The van der Waals surface area contributed by atoms with E-state index in [0.29, 0.717) is 29.0 Å². The van der Waals surface area contributed by atoms with E-state index in [0.717, 1.165) is 63.9 Å². The number of anilines is 1. The molecule has 0 aliphatic carbocycles. The molecule has 0 spiro atoms. The number of hydrogen-bond acceptors (Lipinski definition) is 7. The van der Waals surface area contributed by atoms with Crippen molar-refractivity contribution in [3.8, 4) is 11.5 Å². The van der Waals surface area contributed by atoms with Crippen LogP contribution in [0.5, 0.6) is 0 Å². The highest BCUT2D eigenvalue weighted by Gasteiger charge is 2.34. The highest BCUT2D eigenvalue weighted by atomic mass is 19.4. The standard InChI is InChI=1S/C24H25F3N8/c25-24(26,27)20-15-35-19(10-31-22(35)11-30-20)23-29-5-3-21(32-23)34-13-16(12-33-6-1-7-33)8-18(14-34)17-2-4-28-9-17/h2-3,5,9-11,15-16,18H,1,4,6-8,12-14H2. The van der Waals surface area contributed by atoms with Crippen LogP contribution in [0.1, 0.15) is 18.5 Å². The molecule has 6 heterocycles. The molecule has 2 atom stereocenters. The van der Waals surface area contributed by atoms with Crippen molar-refractivity contribution in [2.24, 2.45) is 16.8 Å². The third kappa shape index (κ3) is 4.40. The lowest BCUT2D eigenvalue weighted by molar-refractivity contribution is -0.141. The summed E-state index contributed by atoms with van der Waals surface area (Å²) in [4.78, 5) is 26.0. The lowest BCUT2D eigenvalue weighted by Crippen LogP contribution is -2.48. The van der Waals surface area contributed by atoms with Gasteiger partial charge < -0.3 is 9.80 Å². The molecular formula is C24H25F3N8. The normalized spacial score (nSPS) is 23.1. The topological polar surface area (TPSA) is 74.8 Å². The van der Waals surface area contributed by atoms with Crippen molar-refractivity contribution in [2.75, 3.05) is 44.2 Å². The Kier molecular flexibility index (Phi) is 5.51. The van der Waals surface area contributed by atoms with E-state index in [1.165, 1.54) is 22.6 Å². The molecule has 6 rings (SSSR count). The van der Waals surface area contributed by atoms with Crippen LogP contribution in [0, 0.1) is 11.8 Å². The van der Waals surface area contributed by atoms with Crippen molar-refractivity contribution >= 4 is 17.7 Å². The molecule has 35 heavy (non-hydrogen) atoms. The summed E-state index contributed by atoms with van der Waals surface area (Å²) in [6, 6.07) is 1.87. The number of halogens is 3. The molecule has 2 saturated heterocycles. The van der Waals surface area contributed by atoms with Gasteiger partial charge in [0.05, 0.1) is 18.9 Å². The monoisotopic (exact) mass is 482 g/mol. The lowest BCUT2D eigenvalue weighted by atomic mass is 9.84. The van der Waals surface area contributed by atoms with Crippen LogP contribution in [0.15, 0.2) is 47.5 Å². The first-order chi connectivity index (χ1) is 16.9. The molecule has 0 N–H and O–H groups in total. The fraction of sp³-hybridized carbons (Fsp3) is 0.458. The highest BCUT2D eigenvalue weighted by molar-refractivity contribution is 5.81. The Morgan fingerprint density at radius 3 is 2.69 bits per heavy atom. The maximum Gasteiger partial charge on any atom is 0.434 e. The first kappa shape index (κ1) is 22.1. The number of hydrogen-bond donors (Lipinski definition) is 0. The second kappa shape index (κ2) is 8.71. The number of imidazole rings is 1. The largest absolute Gasteiger partial charge is 0.434 e. The number of aromatic nitrogens is 5. The van der Waals surface area contributed by atoms with Crippen molar-refractivity contribution in [3.05, 3.63) is 48.2 Å². The van der Waals surface area contributed by atoms with Crippen molar-refractivity contribution < 1.29 is 13.2 Å². The van der Waals surface area contributed by atoms with Gasteiger partial charge in [-0.15, -0.1) is 0 Å². The van der Waals surface area contributed by atoms with Crippen LogP contribution in [-0.4, -0.2) is 74.7 Å². The predicted octanol–water partition coefficient (Wildman–Crippen LogP) is 3.36. The van der Waals surface area contributed by atoms with E-state index in [1.807, 2.05) is 12.3 Å². The number of piperidine rings is 1. The van der Waals surface area contributed by atoms with Crippen molar-refractivity contribution in [1.82, 2.24) is 29.2 Å². The van der Waals surface area contributed by atoms with Gasteiger partial charge in [-0.1, -0.05) is 6.08 Å². The molecule has 0 aromatic carbocycles. The number of aliphatic imine (C=N–C) groups is 1. The summed E-state index contributed by atoms with van der Waals surface area (Å²) in [6.07, 6.45) is 7.22. The quantitative estimate of drug-likeness (QED) is 0.555. The fourth-order valence-corrected chi connectivity index (χ4v) is 5.18. The van der Waals surface area contributed by atoms with E-state index in [9.17, 15) is 13.2 Å². The summed E-state index contributed by atoms with van der Waals surface area (Å²) in [5.74, 6) is 1.97. The Morgan fingerprint density at radius 2 is 1.94 bits per heavy atom. The van der Waals surface area contributed by atoms with Gasteiger partial charge in [0.1, 0.15) is 11.5 Å². The predicted molar refractivity (Wildman–Crippen MR) is 125 cm³/mol. The minimum absolute atomic E-state index is 0.308. The average Bonchev–Trinajstić information content (AvgIpc) is 3.51. The van der Waals surface area contributed by atoms with Gasteiger partial charge in [-0.3, -0.25) is 9.39 Å². The van der Waals surface area contributed by atoms with Crippen molar-refractivity contribution in [2.45, 2.75) is 19.0 Å². The third-order valence-electron chi connectivity index (χ3n) is 7.03. The maximum absolute atomic E-state index is 13.2. The zero-order valence-corrected chi connectivity index (χ0v) is 19.1. The zero-order valence-electron chi connectivity index (χ0n) is 19.1. The second-order valence-corrected chi connectivity index (χ2v) is 9.44. The SMILES string of the molecule is FC(F)(F)c1cn2c(-c3nccc(N4CC(CN5CCC5)CC(C5=CCN=C5)C4)n3)cnc2cn1. The van der Waals surface area contributed by atoms with Gasteiger partial charge in [-0.05, 0) is 43.5 Å². The molecule has 11 heteroatoms. The molecule has 182 valence electrons. The fourth-order valence-electron chi connectivity index (χ4n) is 5.18. The Balaban J connectivity index is 1.31. The van der Waals surface area contributed by atoms with Crippen LogP contribution in [0.25, 0.3) is 17.2 Å². The number of nitrogens with zero attached hydrogens (tertiary/aromatic N) is 8. The van der Waals surface area contributed by atoms with Gasteiger partial charge in [0.2, 0.25) is 0 Å². The van der Waals surface area contributed by atoms with Crippen LogP contribution >= 0.6 is 0 Å². The van der Waals surface area contributed by atoms with Crippen LogP contribution < -0.4 is 4.90 Å². The molecule has 0 amide bonds. The number of fused-ring (bicyclic) bond motifs is 1. The summed E-state index contributed by atoms with van der Waals surface area (Å²) in [5, 5.41) is 0. The van der Waals surface area contributed by atoms with Gasteiger partial charge in [0, 0.05) is 44.2 Å². The van der Waals surface area contributed by atoms with Crippen molar-refractivity contribution in [3.63, 3.8) is 0 Å². The molecular weight excluding hydrogens is 457 g/mol. The molecule has 3 aliphatic heterocycles. The number of alkyl halides is 3.